The molecule has 0 radical (unpaired) electrons. The number of hydrogen-bond donors (Lipinski definition) is 1. The van der Waals surface area contributed by atoms with Gasteiger partial charge in [0, 0.05) is 17.6 Å². The number of benzene rings is 1. The molecular weight excluding hydrogens is 334 g/mol. The maximum Gasteiger partial charge on any atom is 0.303 e. The Balaban J connectivity index is 1.80. The van der Waals surface area contributed by atoms with E-state index in [9.17, 15) is 4.79 Å². The summed E-state index contributed by atoms with van der Waals surface area (Å²) >= 11 is 3.66. The SMILES string of the molecule is O=C(O)CC(c1ccc(N2CCOCC2)c(Br)c1)C1CC1. The zero-order valence-corrected chi connectivity index (χ0v) is 13.5. The molecule has 0 spiro atoms. The molecule has 1 aromatic rings. The van der Waals surface area contributed by atoms with Gasteiger partial charge in [0.1, 0.15) is 0 Å². The van der Waals surface area contributed by atoms with Gasteiger partial charge < -0.3 is 14.7 Å². The molecule has 3 rings (SSSR count). The van der Waals surface area contributed by atoms with Crippen LogP contribution in [-0.2, 0) is 9.53 Å². The molecule has 2 fully saturated rings. The van der Waals surface area contributed by atoms with Crippen molar-refractivity contribution in [3.8, 4) is 0 Å². The fourth-order valence-corrected chi connectivity index (χ4v) is 3.71. The van der Waals surface area contributed by atoms with Gasteiger partial charge in [0.25, 0.3) is 0 Å². The van der Waals surface area contributed by atoms with Crippen LogP contribution in [-0.4, -0.2) is 37.4 Å². The Hall–Kier alpha value is -1.07. The van der Waals surface area contributed by atoms with Crippen LogP contribution in [0.5, 0.6) is 0 Å². The van der Waals surface area contributed by atoms with Gasteiger partial charge in [0.2, 0.25) is 0 Å². The lowest BCUT2D eigenvalue weighted by molar-refractivity contribution is -0.137. The Morgan fingerprint density at radius 2 is 2.10 bits per heavy atom. The summed E-state index contributed by atoms with van der Waals surface area (Å²) in [5.41, 5.74) is 2.32. The van der Waals surface area contributed by atoms with Crippen molar-refractivity contribution in [3.63, 3.8) is 0 Å². The largest absolute Gasteiger partial charge is 0.481 e. The van der Waals surface area contributed by atoms with Crippen molar-refractivity contribution in [2.24, 2.45) is 5.92 Å². The van der Waals surface area contributed by atoms with Crippen LogP contribution in [0.2, 0.25) is 0 Å². The van der Waals surface area contributed by atoms with Gasteiger partial charge in [-0.25, -0.2) is 0 Å². The lowest BCUT2D eigenvalue weighted by Crippen LogP contribution is -2.36. The molecule has 1 aromatic carbocycles. The lowest BCUT2D eigenvalue weighted by Gasteiger charge is -2.30. The highest BCUT2D eigenvalue weighted by atomic mass is 79.9. The minimum absolute atomic E-state index is 0.150. The van der Waals surface area contributed by atoms with Crippen molar-refractivity contribution >= 4 is 27.6 Å². The summed E-state index contributed by atoms with van der Waals surface area (Å²) in [4.78, 5) is 13.4. The fourth-order valence-electron chi connectivity index (χ4n) is 3.06. The topological polar surface area (TPSA) is 49.8 Å². The van der Waals surface area contributed by atoms with Crippen LogP contribution < -0.4 is 4.90 Å². The summed E-state index contributed by atoms with van der Waals surface area (Å²) in [5.74, 6) is -0.0138. The van der Waals surface area contributed by atoms with Gasteiger partial charge in [-0.2, -0.15) is 0 Å². The quantitative estimate of drug-likeness (QED) is 0.882. The highest BCUT2D eigenvalue weighted by Crippen LogP contribution is 2.45. The van der Waals surface area contributed by atoms with Gasteiger partial charge in [0.15, 0.2) is 0 Å². The van der Waals surface area contributed by atoms with Crippen molar-refractivity contribution in [2.45, 2.75) is 25.2 Å². The van der Waals surface area contributed by atoms with Crippen molar-refractivity contribution in [3.05, 3.63) is 28.2 Å². The van der Waals surface area contributed by atoms with E-state index in [-0.39, 0.29) is 12.3 Å². The molecule has 0 bridgehead atoms. The Bertz CT molecular complexity index is 524. The molecule has 1 heterocycles. The molecule has 1 N–H and O–H groups in total. The smallest absolute Gasteiger partial charge is 0.303 e. The molecule has 1 unspecified atom stereocenters. The van der Waals surface area contributed by atoms with Gasteiger partial charge in [0.05, 0.1) is 25.3 Å². The van der Waals surface area contributed by atoms with Crippen LogP contribution in [0.3, 0.4) is 0 Å². The number of ether oxygens (including phenoxy) is 1. The van der Waals surface area contributed by atoms with Crippen LogP contribution in [0.15, 0.2) is 22.7 Å². The average Bonchev–Trinajstić information content (AvgIpc) is 3.30. The molecule has 1 aliphatic heterocycles. The maximum atomic E-state index is 11.1. The van der Waals surface area contributed by atoms with Gasteiger partial charge in [-0.15, -0.1) is 0 Å². The predicted octanol–water partition coefficient (Wildman–Crippen LogP) is 3.25. The Morgan fingerprint density at radius 3 is 2.67 bits per heavy atom. The zero-order chi connectivity index (χ0) is 14.8. The summed E-state index contributed by atoms with van der Waals surface area (Å²) < 4.78 is 6.44. The molecule has 4 nitrogen and oxygen atoms in total. The number of nitrogens with zero attached hydrogens (tertiary/aromatic N) is 1. The summed E-state index contributed by atoms with van der Waals surface area (Å²) in [6.45, 7) is 3.33. The van der Waals surface area contributed by atoms with Crippen molar-refractivity contribution in [1.29, 1.82) is 0 Å². The molecule has 0 amide bonds. The number of carboxylic acid groups (broad SMARTS) is 1. The van der Waals surface area contributed by atoms with E-state index in [0.29, 0.717) is 5.92 Å². The summed E-state index contributed by atoms with van der Waals surface area (Å²) in [7, 11) is 0. The number of hydrogen-bond acceptors (Lipinski definition) is 3. The summed E-state index contributed by atoms with van der Waals surface area (Å²) in [6, 6.07) is 6.32. The third-order valence-electron chi connectivity index (χ3n) is 4.34. The highest BCUT2D eigenvalue weighted by Gasteiger charge is 2.34. The number of halogens is 1. The van der Waals surface area contributed by atoms with Gasteiger partial charge >= 0.3 is 5.97 Å². The number of carboxylic acids is 1. The van der Waals surface area contributed by atoms with E-state index in [1.54, 1.807) is 0 Å². The molecule has 1 saturated carbocycles. The molecule has 5 heteroatoms. The van der Waals surface area contributed by atoms with Crippen LogP contribution in [0, 0.1) is 5.92 Å². The van der Waals surface area contributed by atoms with Crippen LogP contribution in [0.4, 0.5) is 5.69 Å². The highest BCUT2D eigenvalue weighted by molar-refractivity contribution is 9.10. The fraction of sp³-hybridized carbons (Fsp3) is 0.562. The minimum atomic E-state index is -0.708. The summed E-state index contributed by atoms with van der Waals surface area (Å²) in [6.07, 6.45) is 2.54. The van der Waals surface area contributed by atoms with Gasteiger partial charge in [-0.1, -0.05) is 6.07 Å². The third kappa shape index (κ3) is 3.58. The first kappa shape index (κ1) is 14.9. The Kier molecular flexibility index (Phi) is 4.50. The van der Waals surface area contributed by atoms with Crippen LogP contribution >= 0.6 is 15.9 Å². The third-order valence-corrected chi connectivity index (χ3v) is 4.97. The van der Waals surface area contributed by atoms with E-state index < -0.39 is 5.97 Å². The first-order chi connectivity index (χ1) is 10.1. The van der Waals surface area contributed by atoms with Crippen molar-refractivity contribution < 1.29 is 14.6 Å². The maximum absolute atomic E-state index is 11.1. The molecule has 1 saturated heterocycles. The van der Waals surface area contributed by atoms with Crippen LogP contribution in [0.1, 0.15) is 30.7 Å². The zero-order valence-electron chi connectivity index (χ0n) is 11.9. The molecule has 0 aromatic heterocycles. The molecule has 21 heavy (non-hydrogen) atoms. The molecular formula is C16H20BrNO3. The van der Waals surface area contributed by atoms with E-state index in [1.807, 2.05) is 0 Å². The number of anilines is 1. The first-order valence-corrected chi connectivity index (χ1v) is 8.28. The second kappa shape index (κ2) is 6.36. The predicted molar refractivity (Wildman–Crippen MR) is 84.9 cm³/mol. The lowest BCUT2D eigenvalue weighted by atomic mass is 9.91. The standard InChI is InChI=1S/C16H20BrNO3/c17-14-9-12(13(10-16(19)20)11-1-2-11)3-4-15(14)18-5-7-21-8-6-18/h3-4,9,11,13H,1-2,5-8,10H2,(H,19,20). The van der Waals surface area contributed by atoms with E-state index >= 15 is 0 Å². The Morgan fingerprint density at radius 1 is 1.38 bits per heavy atom. The monoisotopic (exact) mass is 353 g/mol. The van der Waals surface area contributed by atoms with Gasteiger partial charge in [-0.05, 0) is 58.3 Å². The second-order valence-corrected chi connectivity index (χ2v) is 6.71. The number of rotatable bonds is 5. The normalized spacial score (nSPS) is 20.3. The second-order valence-electron chi connectivity index (χ2n) is 5.85. The summed E-state index contributed by atoms with van der Waals surface area (Å²) in [5, 5.41) is 9.12. The molecule has 114 valence electrons. The number of aliphatic carboxylic acids is 1. The number of morpholine rings is 1. The van der Waals surface area contributed by atoms with E-state index in [1.165, 1.54) is 5.69 Å². The van der Waals surface area contributed by atoms with E-state index in [0.717, 1.165) is 49.2 Å². The van der Waals surface area contributed by atoms with Crippen molar-refractivity contribution in [1.82, 2.24) is 0 Å². The molecule has 2 aliphatic rings. The molecule has 1 aliphatic carbocycles. The average molecular weight is 354 g/mol. The van der Waals surface area contributed by atoms with Crippen LogP contribution in [0.25, 0.3) is 0 Å². The Labute approximate surface area is 133 Å². The number of carbonyl (C=O) groups is 1. The molecule has 1 atom stereocenters. The van der Waals surface area contributed by atoms with Crippen molar-refractivity contribution in [2.75, 3.05) is 31.2 Å². The van der Waals surface area contributed by atoms with Gasteiger partial charge in [-0.3, -0.25) is 4.79 Å². The van der Waals surface area contributed by atoms with E-state index in [2.05, 4.69) is 39.0 Å². The van der Waals surface area contributed by atoms with E-state index in [4.69, 9.17) is 9.84 Å². The first-order valence-electron chi connectivity index (χ1n) is 7.49. The minimum Gasteiger partial charge on any atom is -0.481 e.